The highest BCUT2D eigenvalue weighted by molar-refractivity contribution is 5.70. The summed E-state index contributed by atoms with van der Waals surface area (Å²) in [5, 5.41) is 3.27. The van der Waals surface area contributed by atoms with Crippen molar-refractivity contribution in [3.63, 3.8) is 0 Å². The van der Waals surface area contributed by atoms with Crippen molar-refractivity contribution in [1.29, 1.82) is 0 Å². The van der Waals surface area contributed by atoms with E-state index in [1.54, 1.807) is 0 Å². The summed E-state index contributed by atoms with van der Waals surface area (Å²) in [5.74, 6) is -0.527. The summed E-state index contributed by atoms with van der Waals surface area (Å²) in [7, 11) is 1.32. The predicted octanol–water partition coefficient (Wildman–Crippen LogP) is 5.47. The van der Waals surface area contributed by atoms with Gasteiger partial charge in [-0.25, -0.2) is 9.37 Å². The van der Waals surface area contributed by atoms with Crippen molar-refractivity contribution in [3.8, 4) is 17.1 Å². The van der Waals surface area contributed by atoms with Crippen molar-refractivity contribution < 1.29 is 22.3 Å². The molecule has 0 fully saturated rings. The van der Waals surface area contributed by atoms with E-state index in [0.717, 1.165) is 25.0 Å². The number of rotatable bonds is 7. The fourth-order valence-electron chi connectivity index (χ4n) is 2.78. The van der Waals surface area contributed by atoms with Crippen molar-refractivity contribution in [2.24, 2.45) is 0 Å². The summed E-state index contributed by atoms with van der Waals surface area (Å²) in [6.45, 7) is 5.90. The number of aryl methyl sites for hydroxylation is 1. The van der Waals surface area contributed by atoms with Gasteiger partial charge in [-0.1, -0.05) is 20.8 Å². The van der Waals surface area contributed by atoms with Gasteiger partial charge in [-0.15, -0.1) is 0 Å². The smallest absolute Gasteiger partial charge is 0.417 e. The molecule has 0 aliphatic heterocycles. The molecule has 0 spiro atoms. The number of hydrogen-bond donors (Lipinski definition) is 1. The Hall–Kier alpha value is -2.38. The number of aromatic nitrogens is 2. The van der Waals surface area contributed by atoms with Crippen LogP contribution in [0.2, 0.25) is 0 Å². The number of alkyl halides is 3. The zero-order chi connectivity index (χ0) is 20.2. The summed E-state index contributed by atoms with van der Waals surface area (Å²) in [5.41, 5.74) is -0.915. The number of nitrogens with zero attached hydrogens (tertiary/aromatic N) is 2. The van der Waals surface area contributed by atoms with E-state index in [2.05, 4.69) is 15.3 Å². The number of anilines is 1. The van der Waals surface area contributed by atoms with Crippen molar-refractivity contribution >= 4 is 5.82 Å². The van der Waals surface area contributed by atoms with E-state index in [1.165, 1.54) is 7.11 Å². The van der Waals surface area contributed by atoms with Crippen molar-refractivity contribution in [1.82, 2.24) is 9.97 Å². The molecule has 1 N–H and O–H groups in total. The Morgan fingerprint density at radius 2 is 1.78 bits per heavy atom. The average molecular weight is 385 g/mol. The standard InChI is InChI=1S/C19H23F4N3O/c1-5-12(6-2)24-17-15(7-3)25-16(18(26-17)27-4)13-9-8-11(20)10-14(13)19(21,22)23/h8-10,12H,5-7H2,1-4H3,(H,24,26). The maximum absolute atomic E-state index is 13.4. The van der Waals surface area contributed by atoms with Gasteiger partial charge in [0.15, 0.2) is 5.82 Å². The van der Waals surface area contributed by atoms with Crippen LogP contribution in [0.25, 0.3) is 11.3 Å². The fourth-order valence-corrected chi connectivity index (χ4v) is 2.78. The Morgan fingerprint density at radius 1 is 1.11 bits per heavy atom. The number of methoxy groups -OCH3 is 1. The maximum Gasteiger partial charge on any atom is 0.417 e. The first-order valence-electron chi connectivity index (χ1n) is 8.83. The zero-order valence-corrected chi connectivity index (χ0v) is 15.7. The predicted molar refractivity (Wildman–Crippen MR) is 96.4 cm³/mol. The van der Waals surface area contributed by atoms with E-state index in [9.17, 15) is 17.6 Å². The Labute approximate surface area is 156 Å². The zero-order valence-electron chi connectivity index (χ0n) is 15.7. The normalized spacial score (nSPS) is 11.7. The van der Waals surface area contributed by atoms with Crippen LogP contribution in [0.1, 0.15) is 44.9 Å². The summed E-state index contributed by atoms with van der Waals surface area (Å²) >= 11 is 0. The SMILES string of the molecule is CCc1nc(-c2ccc(F)cc2C(F)(F)F)c(OC)nc1NC(CC)CC. The molecule has 0 unspecified atom stereocenters. The van der Waals surface area contributed by atoms with Crippen LogP contribution >= 0.6 is 0 Å². The molecule has 0 aliphatic carbocycles. The largest absolute Gasteiger partial charge is 0.479 e. The number of nitrogens with one attached hydrogen (secondary N) is 1. The molecule has 1 heterocycles. The summed E-state index contributed by atoms with van der Waals surface area (Å²) in [6.07, 6.45) is -2.54. The van der Waals surface area contributed by atoms with E-state index in [-0.39, 0.29) is 23.2 Å². The monoisotopic (exact) mass is 385 g/mol. The van der Waals surface area contributed by atoms with E-state index in [0.29, 0.717) is 24.0 Å². The van der Waals surface area contributed by atoms with Gasteiger partial charge < -0.3 is 10.1 Å². The van der Waals surface area contributed by atoms with Gasteiger partial charge in [0.2, 0.25) is 5.88 Å². The van der Waals surface area contributed by atoms with Crippen LogP contribution in [0.4, 0.5) is 23.4 Å². The molecular weight excluding hydrogens is 362 g/mol. The second kappa shape index (κ2) is 8.54. The summed E-state index contributed by atoms with van der Waals surface area (Å²) < 4.78 is 58.9. The molecule has 27 heavy (non-hydrogen) atoms. The van der Waals surface area contributed by atoms with Gasteiger partial charge in [-0.3, -0.25) is 0 Å². The van der Waals surface area contributed by atoms with Gasteiger partial charge in [0.1, 0.15) is 11.5 Å². The van der Waals surface area contributed by atoms with Crippen LogP contribution in [0.3, 0.4) is 0 Å². The number of halogens is 4. The Balaban J connectivity index is 2.65. The Kier molecular flexibility index (Phi) is 6.62. The quantitative estimate of drug-likeness (QED) is 0.642. The molecule has 0 aliphatic rings. The maximum atomic E-state index is 13.4. The molecule has 4 nitrogen and oxygen atoms in total. The molecular formula is C19H23F4N3O. The van der Waals surface area contributed by atoms with Crippen LogP contribution in [0, 0.1) is 5.82 Å². The molecule has 0 amide bonds. The number of hydrogen-bond acceptors (Lipinski definition) is 4. The second-order valence-corrected chi connectivity index (χ2v) is 6.08. The lowest BCUT2D eigenvalue weighted by Crippen LogP contribution is -2.20. The molecule has 0 radical (unpaired) electrons. The first-order chi connectivity index (χ1) is 12.7. The van der Waals surface area contributed by atoms with Crippen LogP contribution in [0.15, 0.2) is 18.2 Å². The third kappa shape index (κ3) is 4.67. The van der Waals surface area contributed by atoms with E-state index >= 15 is 0 Å². The molecule has 0 saturated heterocycles. The first-order valence-corrected chi connectivity index (χ1v) is 8.83. The topological polar surface area (TPSA) is 47.0 Å². The van der Waals surface area contributed by atoms with E-state index in [1.807, 2.05) is 20.8 Å². The summed E-state index contributed by atoms with van der Waals surface area (Å²) in [6, 6.07) is 2.64. The molecule has 148 valence electrons. The van der Waals surface area contributed by atoms with Crippen LogP contribution in [0.5, 0.6) is 5.88 Å². The molecule has 0 atom stereocenters. The molecule has 0 bridgehead atoms. The minimum absolute atomic E-state index is 0.0437. The average Bonchev–Trinajstić information content (AvgIpc) is 2.64. The molecule has 2 rings (SSSR count). The lowest BCUT2D eigenvalue weighted by Gasteiger charge is -2.20. The Bertz CT molecular complexity index is 789. The molecule has 1 aromatic carbocycles. The minimum Gasteiger partial charge on any atom is -0.479 e. The van der Waals surface area contributed by atoms with E-state index < -0.39 is 17.6 Å². The van der Waals surface area contributed by atoms with E-state index in [4.69, 9.17) is 4.74 Å². The lowest BCUT2D eigenvalue weighted by atomic mass is 10.0. The molecule has 2 aromatic rings. The van der Waals surface area contributed by atoms with Crippen molar-refractivity contribution in [2.45, 2.75) is 52.3 Å². The molecule has 8 heteroatoms. The third-order valence-electron chi connectivity index (χ3n) is 4.33. The van der Waals surface area contributed by atoms with Gasteiger partial charge in [-0.05, 0) is 37.5 Å². The lowest BCUT2D eigenvalue weighted by molar-refractivity contribution is -0.137. The first kappa shape index (κ1) is 20.9. The highest BCUT2D eigenvalue weighted by Gasteiger charge is 2.35. The van der Waals surface area contributed by atoms with Crippen LogP contribution < -0.4 is 10.1 Å². The third-order valence-corrected chi connectivity index (χ3v) is 4.33. The van der Waals surface area contributed by atoms with Gasteiger partial charge in [0, 0.05) is 11.6 Å². The highest BCUT2D eigenvalue weighted by Crippen LogP contribution is 2.40. The molecule has 0 saturated carbocycles. The van der Waals surface area contributed by atoms with Gasteiger partial charge >= 0.3 is 6.18 Å². The number of benzene rings is 1. The molecule has 1 aromatic heterocycles. The van der Waals surface area contributed by atoms with Crippen molar-refractivity contribution in [2.75, 3.05) is 12.4 Å². The minimum atomic E-state index is -4.73. The highest BCUT2D eigenvalue weighted by atomic mass is 19.4. The Morgan fingerprint density at radius 3 is 2.30 bits per heavy atom. The number of ether oxygens (including phenoxy) is 1. The van der Waals surface area contributed by atoms with Crippen LogP contribution in [-0.4, -0.2) is 23.1 Å². The van der Waals surface area contributed by atoms with Crippen LogP contribution in [-0.2, 0) is 12.6 Å². The fraction of sp³-hybridized carbons (Fsp3) is 0.474. The second-order valence-electron chi connectivity index (χ2n) is 6.08. The van der Waals surface area contributed by atoms with Gasteiger partial charge in [-0.2, -0.15) is 18.2 Å². The van der Waals surface area contributed by atoms with Gasteiger partial charge in [0.05, 0.1) is 18.4 Å². The van der Waals surface area contributed by atoms with Crippen molar-refractivity contribution in [3.05, 3.63) is 35.3 Å². The summed E-state index contributed by atoms with van der Waals surface area (Å²) in [4.78, 5) is 8.75. The van der Waals surface area contributed by atoms with Gasteiger partial charge in [0.25, 0.3) is 0 Å².